The first-order chi connectivity index (χ1) is 11.1. The molecular weight excluding hydrogens is 314 g/mol. The van der Waals surface area contributed by atoms with E-state index >= 15 is 0 Å². The zero-order chi connectivity index (χ0) is 16.2. The molecule has 0 bridgehead atoms. The van der Waals surface area contributed by atoms with E-state index in [1.54, 1.807) is 12.3 Å². The van der Waals surface area contributed by atoms with Crippen LogP contribution < -0.4 is 0 Å². The molecule has 1 heterocycles. The summed E-state index contributed by atoms with van der Waals surface area (Å²) in [4.78, 5) is 14.7. The molecule has 120 valence electrons. The van der Waals surface area contributed by atoms with Crippen LogP contribution in [0.5, 0.6) is 0 Å². The van der Waals surface area contributed by atoms with Crippen LogP contribution in [0.2, 0.25) is 5.02 Å². The average Bonchev–Trinajstić information content (AvgIpc) is 3.03. The number of nitrogens with zero attached hydrogens (tertiary/aromatic N) is 3. The molecular formula is C17H18ClN3O2. The van der Waals surface area contributed by atoms with Crippen molar-refractivity contribution >= 4 is 29.2 Å². The molecule has 1 fully saturated rings. The molecule has 23 heavy (non-hydrogen) atoms. The van der Waals surface area contributed by atoms with Gasteiger partial charge < -0.3 is 4.57 Å². The van der Waals surface area contributed by atoms with Gasteiger partial charge in [-0.2, -0.15) is 0 Å². The molecule has 1 aromatic carbocycles. The van der Waals surface area contributed by atoms with Gasteiger partial charge in [0.25, 0.3) is 5.69 Å². The first-order valence-electron chi connectivity index (χ1n) is 7.79. The third kappa shape index (κ3) is 3.79. The maximum Gasteiger partial charge on any atom is 0.290 e. The Balaban J connectivity index is 1.74. The van der Waals surface area contributed by atoms with Gasteiger partial charge in [0.1, 0.15) is 5.02 Å². The van der Waals surface area contributed by atoms with Crippen molar-refractivity contribution in [2.75, 3.05) is 0 Å². The number of aliphatic imine (C=N–C) groups is 1. The van der Waals surface area contributed by atoms with E-state index in [2.05, 4.69) is 22.0 Å². The summed E-state index contributed by atoms with van der Waals surface area (Å²) < 4.78 is 2.25. The minimum absolute atomic E-state index is 0.123. The highest BCUT2D eigenvalue weighted by Gasteiger charge is 2.15. The minimum Gasteiger partial charge on any atom is -0.351 e. The van der Waals surface area contributed by atoms with Crippen molar-refractivity contribution in [3.05, 3.63) is 57.4 Å². The number of nitro groups is 1. The Hall–Kier alpha value is -2.14. The Labute approximate surface area is 139 Å². The Morgan fingerprint density at radius 2 is 2.04 bits per heavy atom. The van der Waals surface area contributed by atoms with Crippen molar-refractivity contribution in [3.8, 4) is 0 Å². The smallest absolute Gasteiger partial charge is 0.290 e. The zero-order valence-corrected chi connectivity index (χ0v) is 13.4. The predicted molar refractivity (Wildman–Crippen MR) is 91.9 cm³/mol. The molecule has 1 aliphatic rings. The van der Waals surface area contributed by atoms with Gasteiger partial charge in [-0.1, -0.05) is 30.9 Å². The van der Waals surface area contributed by atoms with Crippen molar-refractivity contribution in [3.63, 3.8) is 0 Å². The molecule has 2 aromatic rings. The number of halogens is 1. The Kier molecular flexibility index (Phi) is 4.76. The van der Waals surface area contributed by atoms with Crippen molar-refractivity contribution < 1.29 is 4.92 Å². The summed E-state index contributed by atoms with van der Waals surface area (Å²) in [5.74, 6) is 0. The van der Waals surface area contributed by atoms with Crippen LogP contribution in [-0.4, -0.2) is 15.7 Å². The maximum atomic E-state index is 10.9. The number of aromatic nitrogens is 1. The van der Waals surface area contributed by atoms with Crippen LogP contribution in [0.3, 0.4) is 0 Å². The monoisotopic (exact) mass is 331 g/mol. The summed E-state index contributed by atoms with van der Waals surface area (Å²) in [5, 5.41) is 11.0. The van der Waals surface area contributed by atoms with Crippen LogP contribution in [0.25, 0.3) is 0 Å². The fraction of sp³-hybridized carbons (Fsp3) is 0.353. The topological polar surface area (TPSA) is 60.4 Å². The average molecular weight is 332 g/mol. The van der Waals surface area contributed by atoms with Crippen LogP contribution in [0, 0.1) is 10.1 Å². The van der Waals surface area contributed by atoms with Gasteiger partial charge in [-0.3, -0.25) is 15.1 Å². The van der Waals surface area contributed by atoms with Gasteiger partial charge in [0.2, 0.25) is 0 Å². The van der Waals surface area contributed by atoms with E-state index in [9.17, 15) is 10.1 Å². The van der Waals surface area contributed by atoms with Crippen LogP contribution in [0.15, 0.2) is 41.7 Å². The van der Waals surface area contributed by atoms with Crippen molar-refractivity contribution in [1.29, 1.82) is 0 Å². The fourth-order valence-electron chi connectivity index (χ4n) is 2.98. The van der Waals surface area contributed by atoms with Crippen LogP contribution in [0.1, 0.15) is 43.7 Å². The second-order valence-electron chi connectivity index (χ2n) is 5.83. The highest BCUT2D eigenvalue weighted by molar-refractivity contribution is 6.32. The summed E-state index contributed by atoms with van der Waals surface area (Å²) in [6.45, 7) is 0. The Morgan fingerprint density at radius 1 is 1.26 bits per heavy atom. The molecule has 6 heteroatoms. The normalized spacial score (nSPS) is 16.0. The maximum absolute atomic E-state index is 10.9. The summed E-state index contributed by atoms with van der Waals surface area (Å²) in [7, 11) is 0. The third-order valence-electron chi connectivity index (χ3n) is 4.22. The lowest BCUT2D eigenvalue weighted by Gasteiger charge is -2.23. The van der Waals surface area contributed by atoms with Crippen LogP contribution in [0.4, 0.5) is 11.4 Å². The summed E-state index contributed by atoms with van der Waals surface area (Å²) in [6, 6.07) is 7.16. The number of hydrogen-bond donors (Lipinski definition) is 0. The third-order valence-corrected chi connectivity index (χ3v) is 4.54. The standard InChI is InChI=1S/C17H18ClN3O2/c18-16-7-6-14(10-17(16)21(22)23)19-11-13-8-9-20(12-13)15-4-2-1-3-5-15/h6-12,15H,1-5H2. The minimum atomic E-state index is -0.499. The summed E-state index contributed by atoms with van der Waals surface area (Å²) in [6.07, 6.45) is 12.3. The van der Waals surface area contributed by atoms with Gasteiger partial charge in [-0.15, -0.1) is 0 Å². The molecule has 1 aliphatic carbocycles. The van der Waals surface area contributed by atoms with Crippen molar-refractivity contribution in [2.45, 2.75) is 38.1 Å². The van der Waals surface area contributed by atoms with E-state index in [-0.39, 0.29) is 10.7 Å². The quantitative estimate of drug-likeness (QED) is 0.433. The Bertz CT molecular complexity index is 733. The molecule has 0 amide bonds. The fourth-order valence-corrected chi connectivity index (χ4v) is 3.17. The molecule has 0 radical (unpaired) electrons. The van der Waals surface area contributed by atoms with Crippen LogP contribution in [-0.2, 0) is 0 Å². The first-order valence-corrected chi connectivity index (χ1v) is 8.17. The Morgan fingerprint density at radius 3 is 2.78 bits per heavy atom. The van der Waals surface area contributed by atoms with Crippen molar-refractivity contribution in [1.82, 2.24) is 4.57 Å². The molecule has 0 saturated heterocycles. The van der Waals surface area contributed by atoms with Crippen LogP contribution >= 0.6 is 11.6 Å². The molecule has 3 rings (SSSR count). The van der Waals surface area contributed by atoms with Gasteiger partial charge >= 0.3 is 0 Å². The molecule has 0 atom stereocenters. The summed E-state index contributed by atoms with van der Waals surface area (Å²) in [5.41, 5.74) is 1.39. The van der Waals surface area contributed by atoms with E-state index < -0.39 is 4.92 Å². The number of hydrogen-bond acceptors (Lipinski definition) is 3. The zero-order valence-electron chi connectivity index (χ0n) is 12.7. The lowest BCUT2D eigenvalue weighted by Crippen LogP contribution is -2.10. The van der Waals surface area contributed by atoms with E-state index in [0.717, 1.165) is 5.56 Å². The first kappa shape index (κ1) is 15.7. The van der Waals surface area contributed by atoms with Gasteiger partial charge in [0.05, 0.1) is 10.6 Å². The number of benzene rings is 1. The molecule has 0 spiro atoms. The second-order valence-corrected chi connectivity index (χ2v) is 6.24. The van der Waals surface area contributed by atoms with Gasteiger partial charge in [-0.25, -0.2) is 0 Å². The van der Waals surface area contributed by atoms with Gasteiger partial charge in [0, 0.05) is 36.3 Å². The van der Waals surface area contributed by atoms with E-state index in [1.807, 2.05) is 6.07 Å². The van der Waals surface area contributed by atoms with Gasteiger partial charge in [0.15, 0.2) is 0 Å². The second kappa shape index (κ2) is 6.96. The van der Waals surface area contributed by atoms with E-state index in [0.29, 0.717) is 11.7 Å². The van der Waals surface area contributed by atoms with Crippen molar-refractivity contribution in [2.24, 2.45) is 4.99 Å². The van der Waals surface area contributed by atoms with Gasteiger partial charge in [-0.05, 0) is 31.0 Å². The van der Waals surface area contributed by atoms with E-state index in [4.69, 9.17) is 11.6 Å². The predicted octanol–water partition coefficient (Wildman–Crippen LogP) is 5.31. The molecule has 0 unspecified atom stereocenters. The van der Waals surface area contributed by atoms with E-state index in [1.165, 1.54) is 44.2 Å². The molecule has 0 aliphatic heterocycles. The molecule has 5 nitrogen and oxygen atoms in total. The summed E-state index contributed by atoms with van der Waals surface area (Å²) >= 11 is 5.80. The highest BCUT2D eigenvalue weighted by atomic mass is 35.5. The number of rotatable bonds is 4. The highest BCUT2D eigenvalue weighted by Crippen LogP contribution is 2.30. The molecule has 1 aromatic heterocycles. The lowest BCUT2D eigenvalue weighted by atomic mass is 9.95. The molecule has 0 N–H and O–H groups in total. The SMILES string of the molecule is O=[N+]([O-])c1cc(N=Cc2ccn(C3CCCCC3)c2)ccc1Cl. The lowest BCUT2D eigenvalue weighted by molar-refractivity contribution is -0.384. The molecule has 1 saturated carbocycles. The largest absolute Gasteiger partial charge is 0.351 e. The number of nitro benzene ring substituents is 1.